The molecule has 2 aromatic heterocycles. The summed E-state index contributed by atoms with van der Waals surface area (Å²) in [5.74, 6) is 1.18. The van der Waals surface area contributed by atoms with Crippen LogP contribution < -0.4 is 4.90 Å². The quantitative estimate of drug-likeness (QED) is 0.366. The molecule has 5 rings (SSSR count). The minimum atomic E-state index is -0.837. The Labute approximate surface area is 195 Å². The lowest BCUT2D eigenvalue weighted by Crippen LogP contribution is -2.27. The van der Waals surface area contributed by atoms with Crippen LogP contribution in [0.5, 0.6) is 0 Å². The maximum absolute atomic E-state index is 11.8. The first-order chi connectivity index (χ1) is 15.8. The van der Waals surface area contributed by atoms with E-state index in [1.165, 1.54) is 37.8 Å². The molecule has 1 saturated carbocycles. The van der Waals surface area contributed by atoms with Crippen molar-refractivity contribution in [2.24, 2.45) is 11.8 Å². The lowest BCUT2D eigenvalue weighted by molar-refractivity contribution is -0.152. The fourth-order valence-corrected chi connectivity index (χ4v) is 5.41. The van der Waals surface area contributed by atoms with Gasteiger partial charge in [-0.2, -0.15) is 15.1 Å². The summed E-state index contributed by atoms with van der Waals surface area (Å²) in [4.78, 5) is 34.3. The molecule has 0 amide bonds. The molecular weight excluding hydrogens is 450 g/mol. The standard InChI is InChI=1S/C22H26ClN5O5/c1-11-17(10-31-12(2)29)33-21(18(11)32-13(3)30)28-20-16(7-24-28)19(25-22(23)26-20)27-8-14-5-4-6-15(14)9-27/h7,14-15,17-18,21H,1,4-6,8-10H2,2-3H3/t14-,15+,17-,18-,21-/m1/s1. The number of nitrogens with zero attached hydrogens (tertiary/aromatic N) is 5. The number of hydrogen-bond acceptors (Lipinski definition) is 9. The fourth-order valence-electron chi connectivity index (χ4n) is 5.25. The Morgan fingerprint density at radius 3 is 2.61 bits per heavy atom. The lowest BCUT2D eigenvalue weighted by atomic mass is 10.0. The molecule has 0 spiro atoms. The Balaban J connectivity index is 1.49. The maximum Gasteiger partial charge on any atom is 0.303 e. The number of carbonyl (C=O) groups excluding carboxylic acids is 2. The van der Waals surface area contributed by atoms with Crippen LogP contribution in [0, 0.1) is 11.8 Å². The highest BCUT2D eigenvalue weighted by Crippen LogP contribution is 2.42. The Morgan fingerprint density at radius 1 is 1.21 bits per heavy atom. The molecule has 10 nitrogen and oxygen atoms in total. The van der Waals surface area contributed by atoms with Crippen molar-refractivity contribution in [3.8, 4) is 0 Å². The highest BCUT2D eigenvalue weighted by atomic mass is 35.5. The third-order valence-corrected chi connectivity index (χ3v) is 6.91. The summed E-state index contributed by atoms with van der Waals surface area (Å²) in [6.45, 7) is 8.48. The van der Waals surface area contributed by atoms with Crippen molar-refractivity contribution in [2.75, 3.05) is 24.6 Å². The van der Waals surface area contributed by atoms with Crippen LogP contribution in [0.15, 0.2) is 18.3 Å². The predicted octanol–water partition coefficient (Wildman–Crippen LogP) is 2.66. The molecule has 1 aliphatic carbocycles. The van der Waals surface area contributed by atoms with E-state index in [-0.39, 0.29) is 11.9 Å². The maximum atomic E-state index is 11.8. The van der Waals surface area contributed by atoms with Crippen LogP contribution in [-0.4, -0.2) is 63.6 Å². The van der Waals surface area contributed by atoms with E-state index in [1.54, 1.807) is 6.20 Å². The average molecular weight is 476 g/mol. The predicted molar refractivity (Wildman–Crippen MR) is 119 cm³/mol. The summed E-state index contributed by atoms with van der Waals surface area (Å²) >= 11 is 6.33. The first kappa shape index (κ1) is 22.1. The third kappa shape index (κ3) is 4.06. The van der Waals surface area contributed by atoms with E-state index < -0.39 is 30.4 Å². The van der Waals surface area contributed by atoms with Gasteiger partial charge in [-0.25, -0.2) is 4.68 Å². The summed E-state index contributed by atoms with van der Waals surface area (Å²) in [5, 5.41) is 5.36. The molecule has 0 radical (unpaired) electrons. The minimum absolute atomic E-state index is 0.0425. The van der Waals surface area contributed by atoms with Crippen molar-refractivity contribution >= 4 is 40.4 Å². The van der Waals surface area contributed by atoms with Crippen molar-refractivity contribution in [2.45, 2.75) is 51.5 Å². The van der Waals surface area contributed by atoms with Gasteiger partial charge in [0.25, 0.3) is 0 Å². The molecule has 2 aliphatic heterocycles. The molecule has 5 atom stereocenters. The topological polar surface area (TPSA) is 109 Å². The Hall–Kier alpha value is -2.72. The van der Waals surface area contributed by atoms with Gasteiger partial charge in [-0.05, 0) is 41.9 Å². The van der Waals surface area contributed by atoms with Crippen LogP contribution in [0.3, 0.4) is 0 Å². The summed E-state index contributed by atoms with van der Waals surface area (Å²) in [6, 6.07) is 0. The molecule has 4 heterocycles. The molecule has 0 bridgehead atoms. The first-order valence-corrected chi connectivity index (χ1v) is 11.5. The van der Waals surface area contributed by atoms with E-state index in [0.717, 1.165) is 24.3 Å². The van der Waals surface area contributed by atoms with Crippen LogP contribution in [0.2, 0.25) is 5.28 Å². The van der Waals surface area contributed by atoms with E-state index in [0.29, 0.717) is 23.1 Å². The number of anilines is 1. The molecular formula is C22H26ClN5O5. The van der Waals surface area contributed by atoms with E-state index in [9.17, 15) is 9.59 Å². The number of rotatable bonds is 5. The van der Waals surface area contributed by atoms with Crippen LogP contribution >= 0.6 is 11.6 Å². The van der Waals surface area contributed by atoms with Gasteiger partial charge in [0.1, 0.15) is 18.5 Å². The summed E-state index contributed by atoms with van der Waals surface area (Å²) < 4.78 is 18.2. The average Bonchev–Trinajstić information content (AvgIpc) is 3.50. The van der Waals surface area contributed by atoms with Crippen molar-refractivity contribution in [1.82, 2.24) is 19.7 Å². The van der Waals surface area contributed by atoms with Gasteiger partial charge < -0.3 is 19.1 Å². The highest BCUT2D eigenvalue weighted by Gasteiger charge is 2.44. The SMILES string of the molecule is C=C1[C@@H](OC(C)=O)[C@H](n2ncc3c(N4C[C@H]5CCC[C@H]5C4)nc(Cl)nc32)O[C@@H]1COC(C)=O. The molecule has 0 N–H and O–H groups in total. The minimum Gasteiger partial charge on any atom is -0.463 e. The summed E-state index contributed by atoms with van der Waals surface area (Å²) in [7, 11) is 0. The number of esters is 2. The molecule has 3 fully saturated rings. The molecule has 0 aromatic carbocycles. The second-order valence-corrected chi connectivity index (χ2v) is 9.26. The monoisotopic (exact) mass is 475 g/mol. The van der Waals surface area contributed by atoms with Gasteiger partial charge in [0.15, 0.2) is 18.0 Å². The molecule has 3 aliphatic rings. The van der Waals surface area contributed by atoms with Crippen molar-refractivity contribution in [3.05, 3.63) is 23.6 Å². The first-order valence-electron chi connectivity index (χ1n) is 11.1. The smallest absolute Gasteiger partial charge is 0.303 e. The molecule has 2 saturated heterocycles. The zero-order valence-corrected chi connectivity index (χ0v) is 19.3. The van der Waals surface area contributed by atoms with Crippen LogP contribution in [0.25, 0.3) is 11.0 Å². The van der Waals surface area contributed by atoms with Crippen molar-refractivity contribution in [1.29, 1.82) is 0 Å². The van der Waals surface area contributed by atoms with Crippen molar-refractivity contribution < 1.29 is 23.8 Å². The molecule has 0 unspecified atom stereocenters. The number of carbonyl (C=O) groups is 2. The zero-order valence-electron chi connectivity index (χ0n) is 18.6. The van der Waals surface area contributed by atoms with E-state index in [1.807, 2.05) is 0 Å². The zero-order chi connectivity index (χ0) is 23.3. The van der Waals surface area contributed by atoms with Gasteiger partial charge in [0.05, 0.1) is 11.6 Å². The van der Waals surface area contributed by atoms with E-state index in [4.69, 9.17) is 25.8 Å². The number of hydrogen-bond donors (Lipinski definition) is 0. The van der Waals surface area contributed by atoms with Crippen LogP contribution in [-0.2, 0) is 23.8 Å². The van der Waals surface area contributed by atoms with Gasteiger partial charge in [-0.1, -0.05) is 13.0 Å². The third-order valence-electron chi connectivity index (χ3n) is 6.75. The van der Waals surface area contributed by atoms with Crippen molar-refractivity contribution in [3.63, 3.8) is 0 Å². The Bertz CT molecular complexity index is 1110. The number of fused-ring (bicyclic) bond motifs is 2. The van der Waals surface area contributed by atoms with Gasteiger partial charge in [0.2, 0.25) is 5.28 Å². The Kier molecular flexibility index (Phi) is 5.74. The van der Waals surface area contributed by atoms with Gasteiger partial charge in [-0.3, -0.25) is 9.59 Å². The van der Waals surface area contributed by atoms with Gasteiger partial charge in [0, 0.05) is 26.9 Å². The normalized spacial score (nSPS) is 29.0. The fraction of sp³-hybridized carbons (Fsp3) is 0.591. The molecule has 11 heteroatoms. The van der Waals surface area contributed by atoms with E-state index in [2.05, 4.69) is 26.5 Å². The van der Waals surface area contributed by atoms with E-state index >= 15 is 0 Å². The number of halogens is 1. The van der Waals surface area contributed by atoms with Gasteiger partial charge >= 0.3 is 11.9 Å². The summed E-state index contributed by atoms with van der Waals surface area (Å²) in [6.07, 6.45) is 3.15. The molecule has 2 aromatic rings. The Morgan fingerprint density at radius 2 is 1.94 bits per heavy atom. The second kappa shape index (κ2) is 8.57. The van der Waals surface area contributed by atoms with Crippen LogP contribution in [0.4, 0.5) is 5.82 Å². The molecule has 176 valence electrons. The molecule has 33 heavy (non-hydrogen) atoms. The highest BCUT2D eigenvalue weighted by molar-refractivity contribution is 6.28. The largest absolute Gasteiger partial charge is 0.463 e. The summed E-state index contributed by atoms with van der Waals surface area (Å²) in [5.41, 5.74) is 0.956. The number of ether oxygens (including phenoxy) is 3. The van der Waals surface area contributed by atoms with Gasteiger partial charge in [-0.15, -0.1) is 0 Å². The lowest BCUT2D eigenvalue weighted by Gasteiger charge is -2.21. The second-order valence-electron chi connectivity index (χ2n) is 8.92. The number of aromatic nitrogens is 4. The van der Waals surface area contributed by atoms with Crippen LogP contribution in [0.1, 0.15) is 39.3 Å².